The summed E-state index contributed by atoms with van der Waals surface area (Å²) in [7, 11) is 0. The first kappa shape index (κ1) is 11.9. The van der Waals surface area contributed by atoms with Crippen molar-refractivity contribution >= 4 is 5.91 Å². The third-order valence-corrected chi connectivity index (χ3v) is 3.83. The number of hydrogen-bond donors (Lipinski definition) is 1. The van der Waals surface area contributed by atoms with Crippen LogP contribution >= 0.6 is 0 Å². The zero-order valence-corrected chi connectivity index (χ0v) is 10.5. The molecule has 0 aromatic rings. The van der Waals surface area contributed by atoms with Gasteiger partial charge in [0.25, 0.3) is 0 Å². The molecule has 1 N–H and O–H groups in total. The molecule has 0 bridgehead atoms. The van der Waals surface area contributed by atoms with E-state index in [9.17, 15) is 4.79 Å². The molecule has 4 nitrogen and oxygen atoms in total. The number of ether oxygens (including phenoxy) is 1. The first-order valence-electron chi connectivity index (χ1n) is 6.19. The quantitative estimate of drug-likeness (QED) is 0.756. The van der Waals surface area contributed by atoms with Crippen LogP contribution in [0, 0.1) is 0 Å². The van der Waals surface area contributed by atoms with Crippen LogP contribution in [-0.4, -0.2) is 48.2 Å². The minimum Gasteiger partial charge on any atom is -0.362 e. The highest BCUT2D eigenvalue weighted by Crippen LogP contribution is 2.31. The SMILES string of the molecule is CC(C)N1CCCC1C1(C)CNC(=O)CO1. The van der Waals surface area contributed by atoms with E-state index in [4.69, 9.17) is 4.74 Å². The van der Waals surface area contributed by atoms with Crippen molar-refractivity contribution in [2.75, 3.05) is 19.7 Å². The summed E-state index contributed by atoms with van der Waals surface area (Å²) in [6.45, 7) is 8.57. The molecule has 4 heteroatoms. The van der Waals surface area contributed by atoms with E-state index < -0.39 is 0 Å². The summed E-state index contributed by atoms with van der Waals surface area (Å²) in [5.74, 6) is 0.00608. The Kier molecular flexibility index (Phi) is 3.22. The van der Waals surface area contributed by atoms with Gasteiger partial charge in [-0.05, 0) is 40.2 Å². The first-order chi connectivity index (χ1) is 7.53. The van der Waals surface area contributed by atoms with Gasteiger partial charge in [0, 0.05) is 18.6 Å². The normalized spacial score (nSPS) is 36.8. The van der Waals surface area contributed by atoms with E-state index in [1.54, 1.807) is 0 Å². The molecule has 2 rings (SSSR count). The molecule has 2 atom stereocenters. The smallest absolute Gasteiger partial charge is 0.246 e. The molecule has 16 heavy (non-hydrogen) atoms. The zero-order valence-electron chi connectivity index (χ0n) is 10.5. The summed E-state index contributed by atoms with van der Waals surface area (Å²) in [4.78, 5) is 13.6. The van der Waals surface area contributed by atoms with Crippen molar-refractivity contribution in [3.8, 4) is 0 Å². The van der Waals surface area contributed by atoms with Crippen LogP contribution in [0.25, 0.3) is 0 Å². The van der Waals surface area contributed by atoms with E-state index in [2.05, 4.69) is 31.0 Å². The third-order valence-electron chi connectivity index (χ3n) is 3.83. The van der Waals surface area contributed by atoms with Crippen molar-refractivity contribution in [2.45, 2.75) is 51.3 Å². The Morgan fingerprint density at radius 3 is 2.88 bits per heavy atom. The summed E-state index contributed by atoms with van der Waals surface area (Å²) in [5, 5.41) is 2.92. The highest BCUT2D eigenvalue weighted by molar-refractivity contribution is 5.78. The first-order valence-corrected chi connectivity index (χ1v) is 6.19. The molecule has 0 aromatic carbocycles. The number of amides is 1. The van der Waals surface area contributed by atoms with Crippen LogP contribution in [0.5, 0.6) is 0 Å². The molecule has 0 saturated carbocycles. The Hall–Kier alpha value is -0.610. The standard InChI is InChI=1S/C12H22N2O2/c1-9(2)14-6-4-5-10(14)12(3)8-13-11(15)7-16-12/h9-10H,4-8H2,1-3H3,(H,13,15). The molecule has 2 fully saturated rings. The fourth-order valence-corrected chi connectivity index (χ4v) is 2.88. The van der Waals surface area contributed by atoms with Crippen LogP contribution < -0.4 is 5.32 Å². The lowest BCUT2D eigenvalue weighted by Crippen LogP contribution is -2.61. The number of carbonyl (C=O) groups is 1. The van der Waals surface area contributed by atoms with Crippen LogP contribution in [0.1, 0.15) is 33.6 Å². The van der Waals surface area contributed by atoms with Crippen molar-refractivity contribution in [1.82, 2.24) is 10.2 Å². The largest absolute Gasteiger partial charge is 0.362 e. The Labute approximate surface area is 97.3 Å². The van der Waals surface area contributed by atoms with Crippen LogP contribution in [0.15, 0.2) is 0 Å². The van der Waals surface area contributed by atoms with Gasteiger partial charge < -0.3 is 10.1 Å². The number of nitrogens with one attached hydrogen (secondary N) is 1. The van der Waals surface area contributed by atoms with Crippen molar-refractivity contribution in [3.63, 3.8) is 0 Å². The van der Waals surface area contributed by atoms with Gasteiger partial charge in [0.2, 0.25) is 5.91 Å². The second-order valence-electron chi connectivity index (χ2n) is 5.37. The molecule has 92 valence electrons. The highest BCUT2D eigenvalue weighted by atomic mass is 16.5. The number of rotatable bonds is 2. The van der Waals surface area contributed by atoms with E-state index in [0.717, 1.165) is 6.54 Å². The lowest BCUT2D eigenvalue weighted by Gasteiger charge is -2.43. The molecule has 2 unspecified atom stereocenters. The molecule has 2 aliphatic heterocycles. The average Bonchev–Trinajstić information content (AvgIpc) is 2.72. The van der Waals surface area contributed by atoms with Gasteiger partial charge in [-0.2, -0.15) is 0 Å². The van der Waals surface area contributed by atoms with Crippen molar-refractivity contribution in [3.05, 3.63) is 0 Å². The van der Waals surface area contributed by atoms with Crippen molar-refractivity contribution in [2.24, 2.45) is 0 Å². The summed E-state index contributed by atoms with van der Waals surface area (Å²) in [6, 6.07) is 0.985. The zero-order chi connectivity index (χ0) is 11.8. The van der Waals surface area contributed by atoms with E-state index in [1.807, 2.05) is 0 Å². The van der Waals surface area contributed by atoms with E-state index >= 15 is 0 Å². The molecule has 0 spiro atoms. The number of likely N-dealkylation sites (tertiary alicyclic amines) is 1. The predicted molar refractivity (Wildman–Crippen MR) is 62.2 cm³/mol. The minimum atomic E-state index is -0.214. The Balaban J connectivity index is 2.07. The Bertz CT molecular complexity index is 268. The molecule has 0 aliphatic carbocycles. The second kappa shape index (κ2) is 4.34. The van der Waals surface area contributed by atoms with Gasteiger partial charge in [-0.1, -0.05) is 0 Å². The van der Waals surface area contributed by atoms with Crippen LogP contribution in [0.4, 0.5) is 0 Å². The molecule has 2 aliphatic rings. The molecule has 0 radical (unpaired) electrons. The summed E-state index contributed by atoms with van der Waals surface area (Å²) in [6.07, 6.45) is 2.40. The lowest BCUT2D eigenvalue weighted by atomic mass is 9.92. The van der Waals surface area contributed by atoms with E-state index in [0.29, 0.717) is 18.6 Å². The Morgan fingerprint density at radius 2 is 2.31 bits per heavy atom. The molecular formula is C12H22N2O2. The lowest BCUT2D eigenvalue weighted by molar-refractivity contribution is -0.150. The summed E-state index contributed by atoms with van der Waals surface area (Å²) >= 11 is 0. The molecule has 1 amide bonds. The van der Waals surface area contributed by atoms with Gasteiger partial charge in [0.1, 0.15) is 6.61 Å². The maximum atomic E-state index is 11.1. The van der Waals surface area contributed by atoms with Gasteiger partial charge in [-0.15, -0.1) is 0 Å². The summed E-state index contributed by atoms with van der Waals surface area (Å²) in [5.41, 5.74) is -0.214. The topological polar surface area (TPSA) is 41.6 Å². The predicted octanol–water partition coefficient (Wildman–Crippen LogP) is 0.764. The van der Waals surface area contributed by atoms with Crippen molar-refractivity contribution in [1.29, 1.82) is 0 Å². The fraction of sp³-hybridized carbons (Fsp3) is 0.917. The van der Waals surface area contributed by atoms with E-state index in [-0.39, 0.29) is 18.1 Å². The number of nitrogens with zero attached hydrogens (tertiary/aromatic N) is 1. The maximum absolute atomic E-state index is 11.1. The van der Waals surface area contributed by atoms with E-state index in [1.165, 1.54) is 12.8 Å². The second-order valence-corrected chi connectivity index (χ2v) is 5.37. The maximum Gasteiger partial charge on any atom is 0.246 e. The number of carbonyl (C=O) groups excluding carboxylic acids is 1. The highest BCUT2D eigenvalue weighted by Gasteiger charge is 2.44. The number of morpholine rings is 1. The molecule has 0 aromatic heterocycles. The van der Waals surface area contributed by atoms with Gasteiger partial charge in [0.05, 0.1) is 5.60 Å². The molecular weight excluding hydrogens is 204 g/mol. The Morgan fingerprint density at radius 1 is 1.56 bits per heavy atom. The minimum absolute atomic E-state index is 0.00608. The van der Waals surface area contributed by atoms with Crippen LogP contribution in [0.3, 0.4) is 0 Å². The van der Waals surface area contributed by atoms with Gasteiger partial charge >= 0.3 is 0 Å². The average molecular weight is 226 g/mol. The monoisotopic (exact) mass is 226 g/mol. The van der Waals surface area contributed by atoms with Gasteiger partial charge in [-0.3, -0.25) is 9.69 Å². The van der Waals surface area contributed by atoms with Crippen LogP contribution in [0.2, 0.25) is 0 Å². The summed E-state index contributed by atoms with van der Waals surface area (Å²) < 4.78 is 5.79. The number of hydrogen-bond acceptors (Lipinski definition) is 3. The molecule has 2 heterocycles. The fourth-order valence-electron chi connectivity index (χ4n) is 2.88. The molecule has 2 saturated heterocycles. The third kappa shape index (κ3) is 2.09. The van der Waals surface area contributed by atoms with Crippen molar-refractivity contribution < 1.29 is 9.53 Å². The van der Waals surface area contributed by atoms with Crippen LogP contribution in [-0.2, 0) is 9.53 Å². The van der Waals surface area contributed by atoms with Gasteiger partial charge in [0.15, 0.2) is 0 Å². The van der Waals surface area contributed by atoms with Gasteiger partial charge in [-0.25, -0.2) is 0 Å².